The average Bonchev–Trinajstić information content (AvgIpc) is 3.09. The summed E-state index contributed by atoms with van der Waals surface area (Å²) in [7, 11) is 1.37. The molecule has 1 aliphatic rings. The van der Waals surface area contributed by atoms with Crippen LogP contribution in [0.5, 0.6) is 0 Å². The second kappa shape index (κ2) is 6.27. The van der Waals surface area contributed by atoms with E-state index in [1.807, 2.05) is 41.7 Å². The fraction of sp³-hybridized carbons (Fsp3) is 0.250. The molecule has 0 fully saturated rings. The molecule has 1 heterocycles. The molecule has 126 valence electrons. The van der Waals surface area contributed by atoms with Gasteiger partial charge >= 0.3 is 12.1 Å². The molecule has 1 N–H and O–H groups in total. The van der Waals surface area contributed by atoms with Crippen LogP contribution in [0.15, 0.2) is 41.6 Å². The van der Waals surface area contributed by atoms with E-state index in [1.54, 1.807) is 0 Å². The van der Waals surface area contributed by atoms with Gasteiger partial charge in [-0.1, -0.05) is 35.5 Å². The number of nitrogens with zero attached hydrogens (tertiary/aromatic N) is 1. The first kappa shape index (κ1) is 16.5. The normalized spacial score (nSPS) is 18.5. The van der Waals surface area contributed by atoms with Gasteiger partial charge in [-0.15, -0.1) is 11.3 Å². The largest absolute Gasteiger partial charge is 0.471 e. The first-order valence-corrected chi connectivity index (χ1v) is 7.89. The van der Waals surface area contributed by atoms with Crippen LogP contribution in [0, 0.1) is 0 Å². The van der Waals surface area contributed by atoms with E-state index in [2.05, 4.69) is 5.16 Å². The number of thiophene rings is 1. The van der Waals surface area contributed by atoms with Crippen LogP contribution in [0.1, 0.15) is 22.9 Å². The lowest BCUT2D eigenvalue weighted by Crippen LogP contribution is -2.38. The van der Waals surface area contributed by atoms with Crippen molar-refractivity contribution in [3.8, 4) is 10.4 Å². The van der Waals surface area contributed by atoms with Gasteiger partial charge in [0.15, 0.2) is 0 Å². The third-order valence-corrected chi connectivity index (χ3v) is 4.91. The van der Waals surface area contributed by atoms with Crippen LogP contribution >= 0.6 is 11.3 Å². The van der Waals surface area contributed by atoms with Gasteiger partial charge in [0.1, 0.15) is 7.11 Å². The topological polar surface area (TPSA) is 50.7 Å². The maximum atomic E-state index is 12.5. The Bertz CT molecular complexity index is 784. The van der Waals surface area contributed by atoms with E-state index in [0.717, 1.165) is 10.4 Å². The monoisotopic (exact) mass is 354 g/mol. The maximum absolute atomic E-state index is 12.5. The fourth-order valence-electron chi connectivity index (χ4n) is 2.58. The number of oxime groups is 1. The molecule has 1 atom stereocenters. The lowest BCUT2D eigenvalue weighted by molar-refractivity contribution is -0.174. The summed E-state index contributed by atoms with van der Waals surface area (Å²) < 4.78 is 37.6. The van der Waals surface area contributed by atoms with Crippen LogP contribution in [-0.2, 0) is 9.63 Å². The Hall–Kier alpha value is -2.35. The van der Waals surface area contributed by atoms with Crippen molar-refractivity contribution in [2.24, 2.45) is 5.16 Å². The number of carbonyl (C=O) groups is 1. The number of rotatable bonds is 3. The Kier molecular flexibility index (Phi) is 4.31. The quantitative estimate of drug-likeness (QED) is 0.850. The highest BCUT2D eigenvalue weighted by molar-refractivity contribution is 7.16. The summed E-state index contributed by atoms with van der Waals surface area (Å²) in [5.74, 6) is -1.95. The van der Waals surface area contributed by atoms with Gasteiger partial charge in [0.05, 0.1) is 11.8 Å². The minimum absolute atomic E-state index is 0.173. The number of carbonyl (C=O) groups excluding carboxylic acids is 1. The molecule has 8 heteroatoms. The summed E-state index contributed by atoms with van der Waals surface area (Å²) >= 11 is 1.35. The molecule has 4 nitrogen and oxygen atoms in total. The molecule has 1 amide bonds. The van der Waals surface area contributed by atoms with Crippen LogP contribution in [0.25, 0.3) is 10.4 Å². The fourth-order valence-corrected chi connectivity index (χ4v) is 3.82. The molecule has 2 aromatic rings. The molecule has 0 bridgehead atoms. The van der Waals surface area contributed by atoms with Crippen molar-refractivity contribution in [2.45, 2.75) is 18.6 Å². The second-order valence-corrected chi connectivity index (χ2v) is 6.29. The van der Waals surface area contributed by atoms with E-state index in [0.29, 0.717) is 16.2 Å². The van der Waals surface area contributed by atoms with E-state index in [1.165, 1.54) is 18.4 Å². The van der Waals surface area contributed by atoms with Crippen molar-refractivity contribution in [3.63, 3.8) is 0 Å². The highest BCUT2D eigenvalue weighted by Gasteiger charge is 2.42. The van der Waals surface area contributed by atoms with Crippen molar-refractivity contribution in [2.75, 3.05) is 7.11 Å². The highest BCUT2D eigenvalue weighted by atomic mass is 32.1. The number of nitrogens with one attached hydrogen (secondary N) is 1. The minimum Gasteiger partial charge on any atom is -0.399 e. The lowest BCUT2D eigenvalue weighted by atomic mass is 10.1. The van der Waals surface area contributed by atoms with Gasteiger partial charge in [-0.3, -0.25) is 4.79 Å². The Morgan fingerprint density at radius 1 is 1.33 bits per heavy atom. The Balaban J connectivity index is 1.96. The molecule has 3 rings (SSSR count). The first-order chi connectivity index (χ1) is 11.4. The Labute approximate surface area is 139 Å². The SMILES string of the molecule is CON=C1CC(NC(=O)C(F)(F)F)c2sc(-c3ccccc3)cc21. The molecule has 1 aromatic heterocycles. The van der Waals surface area contributed by atoms with Gasteiger partial charge in [-0.2, -0.15) is 13.2 Å². The molecule has 1 unspecified atom stereocenters. The highest BCUT2D eigenvalue weighted by Crippen LogP contribution is 2.42. The van der Waals surface area contributed by atoms with E-state index in [9.17, 15) is 18.0 Å². The van der Waals surface area contributed by atoms with Crippen molar-refractivity contribution in [3.05, 3.63) is 46.8 Å². The Morgan fingerprint density at radius 3 is 2.67 bits per heavy atom. The summed E-state index contributed by atoms with van der Waals surface area (Å²) in [6.45, 7) is 0. The number of fused-ring (bicyclic) bond motifs is 1. The zero-order valence-electron chi connectivity index (χ0n) is 12.6. The molecule has 0 aliphatic heterocycles. The number of hydrogen-bond donors (Lipinski definition) is 1. The zero-order chi connectivity index (χ0) is 17.3. The van der Waals surface area contributed by atoms with Crippen molar-refractivity contribution < 1.29 is 22.8 Å². The number of halogens is 3. The molecular formula is C16H13F3N2O2S. The van der Waals surface area contributed by atoms with Gasteiger partial charge in [0.2, 0.25) is 0 Å². The first-order valence-electron chi connectivity index (χ1n) is 7.07. The summed E-state index contributed by atoms with van der Waals surface area (Å²) in [5, 5.41) is 5.92. The number of hydrogen-bond acceptors (Lipinski definition) is 4. The molecule has 1 aliphatic carbocycles. The zero-order valence-corrected chi connectivity index (χ0v) is 13.4. The van der Waals surface area contributed by atoms with Crippen molar-refractivity contribution in [1.82, 2.24) is 5.32 Å². The molecular weight excluding hydrogens is 341 g/mol. The van der Waals surface area contributed by atoms with Gasteiger partial charge in [-0.25, -0.2) is 0 Å². The summed E-state index contributed by atoms with van der Waals surface area (Å²) in [6.07, 6.45) is -4.74. The third kappa shape index (κ3) is 3.14. The van der Waals surface area contributed by atoms with Gasteiger partial charge in [0.25, 0.3) is 0 Å². The summed E-state index contributed by atoms with van der Waals surface area (Å²) in [5.41, 5.74) is 2.20. The number of alkyl halides is 3. The lowest BCUT2D eigenvalue weighted by Gasteiger charge is -2.13. The van der Waals surface area contributed by atoms with E-state index in [-0.39, 0.29) is 6.42 Å². The van der Waals surface area contributed by atoms with Crippen LogP contribution < -0.4 is 5.32 Å². The third-order valence-electron chi connectivity index (χ3n) is 3.61. The smallest absolute Gasteiger partial charge is 0.399 e. The van der Waals surface area contributed by atoms with Crippen LogP contribution in [0.3, 0.4) is 0 Å². The summed E-state index contributed by atoms with van der Waals surface area (Å²) in [6, 6.07) is 10.6. The van der Waals surface area contributed by atoms with Gasteiger partial charge in [0, 0.05) is 21.7 Å². The second-order valence-electron chi connectivity index (χ2n) is 5.20. The van der Waals surface area contributed by atoms with Crippen molar-refractivity contribution in [1.29, 1.82) is 0 Å². The minimum atomic E-state index is -4.92. The molecule has 0 saturated carbocycles. The molecule has 0 radical (unpaired) electrons. The predicted octanol–water partition coefficient (Wildman–Crippen LogP) is 3.89. The predicted molar refractivity (Wildman–Crippen MR) is 84.9 cm³/mol. The summed E-state index contributed by atoms with van der Waals surface area (Å²) in [4.78, 5) is 17.6. The van der Waals surface area contributed by atoms with Crippen LogP contribution in [-0.4, -0.2) is 24.9 Å². The standard InChI is InChI=1S/C16H13F3N2O2S/c1-23-21-11-8-12(20-15(22)16(17,18)19)14-10(11)7-13(24-14)9-5-3-2-4-6-9/h2-7,12H,8H2,1H3,(H,20,22). The van der Waals surface area contributed by atoms with Crippen molar-refractivity contribution >= 4 is 23.0 Å². The van der Waals surface area contributed by atoms with Crippen LogP contribution in [0.2, 0.25) is 0 Å². The molecule has 0 saturated heterocycles. The molecule has 24 heavy (non-hydrogen) atoms. The molecule has 1 aromatic carbocycles. The van der Waals surface area contributed by atoms with Gasteiger partial charge in [-0.05, 0) is 11.6 Å². The maximum Gasteiger partial charge on any atom is 0.471 e. The van der Waals surface area contributed by atoms with E-state index >= 15 is 0 Å². The average molecular weight is 354 g/mol. The number of amides is 1. The molecule has 0 spiro atoms. The van der Waals surface area contributed by atoms with E-state index < -0.39 is 18.1 Å². The number of benzene rings is 1. The van der Waals surface area contributed by atoms with Crippen LogP contribution in [0.4, 0.5) is 13.2 Å². The van der Waals surface area contributed by atoms with Gasteiger partial charge < -0.3 is 10.2 Å². The van der Waals surface area contributed by atoms with E-state index in [4.69, 9.17) is 4.84 Å². The Morgan fingerprint density at radius 2 is 2.04 bits per heavy atom.